The SMILES string of the molecule is CC(C)CCOCCNc1nc2ccccc2cc1C#N. The molecule has 1 aromatic heterocycles. The summed E-state index contributed by atoms with van der Waals surface area (Å²) in [6, 6.07) is 11.8. The molecule has 1 heterocycles. The van der Waals surface area contributed by atoms with Crippen LogP contribution in [-0.2, 0) is 4.74 Å². The van der Waals surface area contributed by atoms with Gasteiger partial charge in [-0.05, 0) is 24.5 Å². The first-order valence-electron chi connectivity index (χ1n) is 7.32. The second-order valence-corrected chi connectivity index (χ2v) is 5.41. The van der Waals surface area contributed by atoms with Crippen molar-refractivity contribution in [1.82, 2.24) is 4.98 Å². The third kappa shape index (κ3) is 4.44. The van der Waals surface area contributed by atoms with Crippen LogP contribution in [0.15, 0.2) is 30.3 Å². The maximum absolute atomic E-state index is 9.22. The summed E-state index contributed by atoms with van der Waals surface area (Å²) in [4.78, 5) is 4.50. The number of aromatic nitrogens is 1. The highest BCUT2D eigenvalue weighted by Crippen LogP contribution is 2.19. The molecule has 110 valence electrons. The predicted octanol–water partition coefficient (Wildman–Crippen LogP) is 3.58. The van der Waals surface area contributed by atoms with Gasteiger partial charge in [-0.2, -0.15) is 5.26 Å². The van der Waals surface area contributed by atoms with E-state index in [1.807, 2.05) is 30.3 Å². The first-order valence-corrected chi connectivity index (χ1v) is 7.32. The van der Waals surface area contributed by atoms with Crippen molar-refractivity contribution in [3.63, 3.8) is 0 Å². The van der Waals surface area contributed by atoms with Crippen LogP contribution in [0, 0.1) is 17.2 Å². The van der Waals surface area contributed by atoms with E-state index in [0.29, 0.717) is 30.5 Å². The molecule has 4 heteroatoms. The van der Waals surface area contributed by atoms with Crippen molar-refractivity contribution in [3.05, 3.63) is 35.9 Å². The van der Waals surface area contributed by atoms with E-state index >= 15 is 0 Å². The van der Waals surface area contributed by atoms with Gasteiger partial charge in [0.15, 0.2) is 0 Å². The number of hydrogen-bond acceptors (Lipinski definition) is 4. The van der Waals surface area contributed by atoms with E-state index in [0.717, 1.165) is 23.9 Å². The van der Waals surface area contributed by atoms with Gasteiger partial charge in [0.05, 0.1) is 17.7 Å². The van der Waals surface area contributed by atoms with Crippen LogP contribution in [0.1, 0.15) is 25.8 Å². The van der Waals surface area contributed by atoms with Crippen LogP contribution in [0.25, 0.3) is 10.9 Å². The lowest BCUT2D eigenvalue weighted by Gasteiger charge is -2.10. The number of pyridine rings is 1. The van der Waals surface area contributed by atoms with E-state index in [4.69, 9.17) is 4.74 Å². The molecular formula is C17H21N3O. The Labute approximate surface area is 125 Å². The van der Waals surface area contributed by atoms with Gasteiger partial charge < -0.3 is 10.1 Å². The zero-order valence-corrected chi connectivity index (χ0v) is 12.6. The van der Waals surface area contributed by atoms with Gasteiger partial charge in [0.25, 0.3) is 0 Å². The molecule has 0 aliphatic carbocycles. The summed E-state index contributed by atoms with van der Waals surface area (Å²) in [6.45, 7) is 6.40. The quantitative estimate of drug-likeness (QED) is 0.789. The summed E-state index contributed by atoms with van der Waals surface area (Å²) in [5, 5.41) is 13.4. The van der Waals surface area contributed by atoms with Gasteiger partial charge in [0, 0.05) is 18.5 Å². The van der Waals surface area contributed by atoms with E-state index in [9.17, 15) is 5.26 Å². The molecule has 1 N–H and O–H groups in total. The van der Waals surface area contributed by atoms with Crippen molar-refractivity contribution in [2.24, 2.45) is 5.92 Å². The van der Waals surface area contributed by atoms with Crippen LogP contribution in [0.5, 0.6) is 0 Å². The van der Waals surface area contributed by atoms with Gasteiger partial charge in [0.2, 0.25) is 0 Å². The van der Waals surface area contributed by atoms with Gasteiger partial charge in [-0.1, -0.05) is 32.0 Å². The molecule has 21 heavy (non-hydrogen) atoms. The average molecular weight is 283 g/mol. The summed E-state index contributed by atoms with van der Waals surface area (Å²) in [6.07, 6.45) is 1.07. The number of ether oxygens (including phenoxy) is 1. The molecule has 0 fully saturated rings. The molecule has 0 saturated carbocycles. The van der Waals surface area contributed by atoms with Gasteiger partial charge >= 0.3 is 0 Å². The molecule has 1 aromatic carbocycles. The Hall–Kier alpha value is -2.12. The second kappa shape index (κ2) is 7.61. The van der Waals surface area contributed by atoms with Crippen LogP contribution < -0.4 is 5.32 Å². The molecule has 4 nitrogen and oxygen atoms in total. The minimum Gasteiger partial charge on any atom is -0.380 e. The predicted molar refractivity (Wildman–Crippen MR) is 85.2 cm³/mol. The fraction of sp³-hybridized carbons (Fsp3) is 0.412. The van der Waals surface area contributed by atoms with E-state index in [1.165, 1.54) is 0 Å². The highest BCUT2D eigenvalue weighted by molar-refractivity contribution is 5.82. The lowest BCUT2D eigenvalue weighted by atomic mass is 10.1. The summed E-state index contributed by atoms with van der Waals surface area (Å²) in [7, 11) is 0. The van der Waals surface area contributed by atoms with Gasteiger partial charge in [-0.3, -0.25) is 0 Å². The van der Waals surface area contributed by atoms with Crippen molar-refractivity contribution in [3.8, 4) is 6.07 Å². The van der Waals surface area contributed by atoms with Gasteiger partial charge in [-0.15, -0.1) is 0 Å². The molecule has 2 aromatic rings. The van der Waals surface area contributed by atoms with Crippen molar-refractivity contribution < 1.29 is 4.74 Å². The Bertz CT molecular complexity index is 631. The minimum absolute atomic E-state index is 0.566. The largest absolute Gasteiger partial charge is 0.380 e. The normalized spacial score (nSPS) is 10.8. The summed E-state index contributed by atoms with van der Waals surface area (Å²) < 4.78 is 5.55. The maximum Gasteiger partial charge on any atom is 0.144 e. The number of para-hydroxylation sites is 1. The fourth-order valence-corrected chi connectivity index (χ4v) is 2.00. The summed E-state index contributed by atoms with van der Waals surface area (Å²) in [5.41, 5.74) is 1.45. The monoisotopic (exact) mass is 283 g/mol. The molecule has 0 spiro atoms. The molecule has 0 amide bonds. The van der Waals surface area contributed by atoms with Crippen LogP contribution >= 0.6 is 0 Å². The molecule has 0 unspecified atom stereocenters. The minimum atomic E-state index is 0.566. The van der Waals surface area contributed by atoms with Crippen LogP contribution in [-0.4, -0.2) is 24.7 Å². The highest BCUT2D eigenvalue weighted by Gasteiger charge is 2.05. The van der Waals surface area contributed by atoms with Crippen LogP contribution in [0.3, 0.4) is 0 Å². The number of fused-ring (bicyclic) bond motifs is 1. The third-order valence-electron chi connectivity index (χ3n) is 3.22. The van der Waals surface area contributed by atoms with Gasteiger partial charge in [0.1, 0.15) is 11.9 Å². The molecular weight excluding hydrogens is 262 g/mol. The topological polar surface area (TPSA) is 57.9 Å². The zero-order valence-electron chi connectivity index (χ0n) is 12.6. The molecule has 0 bridgehead atoms. The van der Waals surface area contributed by atoms with E-state index in [2.05, 4.69) is 30.2 Å². The molecule has 0 atom stereocenters. The average Bonchev–Trinajstić information content (AvgIpc) is 2.49. The number of anilines is 1. The Morgan fingerprint density at radius 1 is 1.29 bits per heavy atom. The van der Waals surface area contributed by atoms with Crippen molar-refractivity contribution in [2.75, 3.05) is 25.1 Å². The van der Waals surface area contributed by atoms with E-state index in [1.54, 1.807) is 0 Å². The Balaban J connectivity index is 1.93. The number of nitrogens with zero attached hydrogens (tertiary/aromatic N) is 2. The number of rotatable bonds is 7. The third-order valence-corrected chi connectivity index (χ3v) is 3.22. The Morgan fingerprint density at radius 2 is 2.10 bits per heavy atom. The lowest BCUT2D eigenvalue weighted by molar-refractivity contribution is 0.132. The smallest absolute Gasteiger partial charge is 0.144 e. The van der Waals surface area contributed by atoms with Gasteiger partial charge in [-0.25, -0.2) is 4.98 Å². The number of nitrogens with one attached hydrogen (secondary N) is 1. The van der Waals surface area contributed by atoms with Crippen LogP contribution in [0.4, 0.5) is 5.82 Å². The Morgan fingerprint density at radius 3 is 2.86 bits per heavy atom. The van der Waals surface area contributed by atoms with Crippen molar-refractivity contribution in [2.45, 2.75) is 20.3 Å². The molecule has 0 radical (unpaired) electrons. The number of hydrogen-bond donors (Lipinski definition) is 1. The van der Waals surface area contributed by atoms with E-state index < -0.39 is 0 Å². The first kappa shape index (κ1) is 15.3. The highest BCUT2D eigenvalue weighted by atomic mass is 16.5. The lowest BCUT2D eigenvalue weighted by Crippen LogP contribution is -2.12. The second-order valence-electron chi connectivity index (χ2n) is 5.41. The van der Waals surface area contributed by atoms with Crippen LogP contribution in [0.2, 0.25) is 0 Å². The van der Waals surface area contributed by atoms with Crippen molar-refractivity contribution in [1.29, 1.82) is 5.26 Å². The number of benzene rings is 1. The molecule has 0 saturated heterocycles. The van der Waals surface area contributed by atoms with Crippen molar-refractivity contribution >= 4 is 16.7 Å². The number of nitriles is 1. The zero-order chi connectivity index (χ0) is 15.1. The molecule has 0 aliphatic heterocycles. The molecule has 2 rings (SSSR count). The summed E-state index contributed by atoms with van der Waals surface area (Å²) in [5.74, 6) is 1.29. The summed E-state index contributed by atoms with van der Waals surface area (Å²) >= 11 is 0. The maximum atomic E-state index is 9.22. The molecule has 0 aliphatic rings. The standard InChI is InChI=1S/C17H21N3O/c1-13(2)7-9-21-10-8-19-17-15(12-18)11-14-5-3-4-6-16(14)20-17/h3-6,11,13H,7-10H2,1-2H3,(H,19,20). The van der Waals surface area contributed by atoms with E-state index in [-0.39, 0.29) is 0 Å². The Kier molecular flexibility index (Phi) is 5.53. The first-order chi connectivity index (χ1) is 10.2. The fourth-order valence-electron chi connectivity index (χ4n) is 2.00.